The van der Waals surface area contributed by atoms with E-state index in [0.717, 1.165) is 9.80 Å². The number of likely N-dealkylation sites (tertiary alicyclic amines) is 2. The number of carboxylic acids is 2. The Morgan fingerprint density at radius 3 is 1.57 bits per heavy atom. The van der Waals surface area contributed by atoms with E-state index in [-0.39, 0.29) is 89.3 Å². The van der Waals surface area contributed by atoms with E-state index in [9.17, 15) is 82.8 Å². The van der Waals surface area contributed by atoms with Gasteiger partial charge in [-0.15, -0.1) is 0 Å². The molecular formula is C43H72N16O17S. The highest BCUT2D eigenvalue weighted by molar-refractivity contribution is 7.80. The third kappa shape index (κ3) is 22.0. The summed E-state index contributed by atoms with van der Waals surface area (Å²) in [5.41, 5.74) is 27.1. The summed E-state index contributed by atoms with van der Waals surface area (Å²) in [6.45, 7) is -3.26. The maximum absolute atomic E-state index is 14.0. The number of nitrogens with one attached hydrogen (secondary N) is 8. The fraction of sp³-hybridized carbons (Fsp3) is 0.674. The maximum atomic E-state index is 14.0. The van der Waals surface area contributed by atoms with Crippen LogP contribution in [0.1, 0.15) is 70.6 Å². The van der Waals surface area contributed by atoms with E-state index in [1.165, 1.54) is 0 Å². The quantitative estimate of drug-likeness (QED) is 0.0123. The number of nitrogens with two attached hydrogens (primary N) is 5. The minimum atomic E-state index is -1.88. The molecule has 9 atom stereocenters. The van der Waals surface area contributed by atoms with Crippen molar-refractivity contribution in [2.24, 2.45) is 33.7 Å². The molecule has 0 aliphatic carbocycles. The Hall–Kier alpha value is -7.43. The molecule has 0 aromatic rings. The molecule has 2 fully saturated rings. The molecule has 432 valence electrons. The van der Waals surface area contributed by atoms with Crippen molar-refractivity contribution in [2.75, 3.05) is 58.2 Å². The molecule has 0 spiro atoms. The second-order valence-electron chi connectivity index (χ2n) is 17.7. The van der Waals surface area contributed by atoms with Crippen molar-refractivity contribution in [3.63, 3.8) is 0 Å². The second kappa shape index (κ2) is 33.6. The average Bonchev–Trinajstić information content (AvgIpc) is 4.09. The lowest BCUT2D eigenvalue weighted by Crippen LogP contribution is -2.61. The Bertz CT molecular complexity index is 2170. The first-order chi connectivity index (χ1) is 36.4. The number of hydrogen-bond acceptors (Lipinski definition) is 19. The van der Waals surface area contributed by atoms with Gasteiger partial charge in [0.25, 0.3) is 0 Å². The zero-order chi connectivity index (χ0) is 57.9. The van der Waals surface area contributed by atoms with Gasteiger partial charge < -0.3 is 101 Å². The van der Waals surface area contributed by atoms with Crippen molar-refractivity contribution in [2.45, 2.75) is 125 Å². The molecule has 2 aliphatic rings. The first kappa shape index (κ1) is 65.7. The minimum Gasteiger partial charge on any atom is -0.481 e. The minimum absolute atomic E-state index is 0.00588. The highest BCUT2D eigenvalue weighted by Crippen LogP contribution is 2.22. The van der Waals surface area contributed by atoms with Crippen LogP contribution in [0.4, 0.5) is 0 Å². The number of hydrogen-bond donors (Lipinski definition) is 18. The number of carboxylic acid groups (broad SMARTS) is 2. The summed E-state index contributed by atoms with van der Waals surface area (Å²) in [6.07, 6.45) is -0.626. The number of thiol groups is 1. The van der Waals surface area contributed by atoms with Crippen LogP contribution in [0.15, 0.2) is 4.99 Å². The van der Waals surface area contributed by atoms with Gasteiger partial charge in [0.2, 0.25) is 65.0 Å². The Kier molecular flexibility index (Phi) is 28.6. The predicted molar refractivity (Wildman–Crippen MR) is 270 cm³/mol. The van der Waals surface area contributed by atoms with Crippen molar-refractivity contribution in [3.8, 4) is 0 Å². The van der Waals surface area contributed by atoms with Crippen LogP contribution >= 0.6 is 12.6 Å². The van der Waals surface area contributed by atoms with Crippen LogP contribution < -0.4 is 71.2 Å². The van der Waals surface area contributed by atoms with Crippen LogP contribution in [0.2, 0.25) is 0 Å². The SMILES string of the molecule is NCCCC[C@H](NC(=O)[C@@H]1CCCN1C(=O)[C@H](CO)NC(=O)[C@H](CC(=O)O)NC(=O)CNC(=O)[C@H](CCCN=C(N)N)NC(=O)CN)C(=O)N[C@@H](CC(N)=O)C(=O)N1CCC[C@H]1C(=O)N[C@@H](CO)C(=O)N[C@@H](CS)C(=O)O. The molecule has 0 radical (unpaired) electrons. The van der Waals surface area contributed by atoms with Crippen LogP contribution in [0, 0.1) is 0 Å². The summed E-state index contributed by atoms with van der Waals surface area (Å²) in [5.74, 6) is -14.4. The smallest absolute Gasteiger partial charge is 0.327 e. The third-order valence-electron chi connectivity index (χ3n) is 11.9. The van der Waals surface area contributed by atoms with E-state index in [4.69, 9.17) is 28.7 Å². The van der Waals surface area contributed by atoms with Crippen molar-refractivity contribution in [3.05, 3.63) is 0 Å². The van der Waals surface area contributed by atoms with Gasteiger partial charge in [-0.2, -0.15) is 12.6 Å². The van der Waals surface area contributed by atoms with Gasteiger partial charge in [0, 0.05) is 25.4 Å². The number of aliphatic imine (C=N–C) groups is 1. The number of guanidine groups is 1. The fourth-order valence-electron chi connectivity index (χ4n) is 8.03. The molecule has 22 N–H and O–H groups in total. The molecule has 2 saturated heterocycles. The van der Waals surface area contributed by atoms with Crippen LogP contribution in [0.5, 0.6) is 0 Å². The van der Waals surface area contributed by atoms with E-state index < -0.39 is 170 Å². The Morgan fingerprint density at radius 2 is 1.06 bits per heavy atom. The van der Waals surface area contributed by atoms with Crippen molar-refractivity contribution >= 4 is 95.5 Å². The molecule has 2 aliphatic heterocycles. The molecule has 77 heavy (non-hydrogen) atoms. The van der Waals surface area contributed by atoms with Gasteiger partial charge in [0.1, 0.15) is 54.4 Å². The number of unbranched alkanes of at least 4 members (excludes halogenated alkanes) is 1. The van der Waals surface area contributed by atoms with Gasteiger partial charge in [-0.1, -0.05) is 0 Å². The van der Waals surface area contributed by atoms with E-state index >= 15 is 0 Å². The number of aliphatic hydroxyl groups is 2. The molecule has 0 unspecified atom stereocenters. The molecule has 2 rings (SSSR count). The summed E-state index contributed by atoms with van der Waals surface area (Å²) >= 11 is 3.86. The third-order valence-corrected chi connectivity index (χ3v) is 12.3. The summed E-state index contributed by atoms with van der Waals surface area (Å²) in [6, 6.07) is -13.8. The van der Waals surface area contributed by atoms with E-state index in [0.29, 0.717) is 6.42 Å². The molecule has 0 saturated carbocycles. The number of amides is 11. The number of rotatable bonds is 34. The highest BCUT2D eigenvalue weighted by Gasteiger charge is 2.42. The topological polar surface area (TPSA) is 548 Å². The van der Waals surface area contributed by atoms with Gasteiger partial charge in [-0.25, -0.2) is 4.79 Å². The standard InChI is InChI=1S/C43H72N16O17S/c44-10-2-1-6-22(35(68)54-24(14-30(46)62)40(73)58-12-4-9-29(58)39(72)55-25(18-60)37(70)57-27(20-77)42(75)76)53-38(71)28-8-5-13-59(28)41(74)26(19-61)56-36(69)23(15-33(65)66)52-32(64)17-50-34(67)21(51-31(63)16-45)7-3-11-49-43(47)48/h21-29,60-61,77H,1-20,44-45H2,(H2,46,62)(H,50,67)(H,51,63)(H,52,64)(H,53,71)(H,54,68)(H,55,72)(H,56,69)(H,57,70)(H,65,66)(H,75,76)(H4,47,48,49)/t21-,22-,23-,24-,25-,26-,27-,28-,29-/m0/s1. The summed E-state index contributed by atoms with van der Waals surface area (Å²) in [5, 5.41) is 57.2. The lowest BCUT2D eigenvalue weighted by Gasteiger charge is -2.31. The maximum Gasteiger partial charge on any atom is 0.327 e. The number of nitrogens with zero attached hydrogens (tertiary/aromatic N) is 3. The number of aliphatic carboxylic acids is 2. The lowest BCUT2D eigenvalue weighted by atomic mass is 10.0. The van der Waals surface area contributed by atoms with Gasteiger partial charge in [-0.3, -0.25) is 62.5 Å². The lowest BCUT2D eigenvalue weighted by molar-refractivity contribution is -0.145. The van der Waals surface area contributed by atoms with Crippen molar-refractivity contribution in [1.82, 2.24) is 52.3 Å². The van der Waals surface area contributed by atoms with Gasteiger partial charge in [0.05, 0.1) is 39.1 Å². The van der Waals surface area contributed by atoms with Crippen molar-refractivity contribution < 1.29 is 82.8 Å². The average molecular weight is 1120 g/mol. The normalized spacial score (nSPS) is 17.6. The molecule has 2 heterocycles. The number of primary amides is 1. The number of aliphatic hydroxyl groups excluding tert-OH is 2. The predicted octanol–water partition coefficient (Wildman–Crippen LogP) is -10.0. The first-order valence-electron chi connectivity index (χ1n) is 24.4. The Labute approximate surface area is 446 Å². The summed E-state index contributed by atoms with van der Waals surface area (Å²) in [7, 11) is 0. The molecule has 33 nitrogen and oxygen atoms in total. The monoisotopic (exact) mass is 1120 g/mol. The number of carbonyl (C=O) groups excluding carboxylic acids is 11. The second-order valence-corrected chi connectivity index (χ2v) is 18.1. The largest absolute Gasteiger partial charge is 0.481 e. The molecule has 11 amide bonds. The summed E-state index contributed by atoms with van der Waals surface area (Å²) in [4.78, 5) is 174. The Balaban J connectivity index is 2.23. The van der Waals surface area contributed by atoms with E-state index in [2.05, 4.69) is 60.2 Å². The van der Waals surface area contributed by atoms with Crippen LogP contribution in [-0.4, -0.2) is 226 Å². The van der Waals surface area contributed by atoms with E-state index in [1.807, 2.05) is 0 Å². The molecular weight excluding hydrogens is 1040 g/mol. The zero-order valence-electron chi connectivity index (χ0n) is 42.1. The Morgan fingerprint density at radius 1 is 0.571 bits per heavy atom. The zero-order valence-corrected chi connectivity index (χ0v) is 43.0. The summed E-state index contributed by atoms with van der Waals surface area (Å²) < 4.78 is 0. The molecule has 34 heteroatoms. The molecule has 0 aromatic heterocycles. The fourth-order valence-corrected chi connectivity index (χ4v) is 8.28. The number of carbonyl (C=O) groups is 13. The van der Waals surface area contributed by atoms with Gasteiger partial charge in [0.15, 0.2) is 5.96 Å². The van der Waals surface area contributed by atoms with E-state index in [1.54, 1.807) is 0 Å². The van der Waals surface area contributed by atoms with Crippen LogP contribution in [-0.2, 0) is 62.3 Å². The molecule has 0 bridgehead atoms. The van der Waals surface area contributed by atoms with Gasteiger partial charge >= 0.3 is 11.9 Å². The van der Waals surface area contributed by atoms with Crippen molar-refractivity contribution in [1.29, 1.82) is 0 Å². The first-order valence-corrected chi connectivity index (χ1v) is 25.1. The van der Waals surface area contributed by atoms with Crippen LogP contribution in [0.3, 0.4) is 0 Å². The molecule has 0 aromatic carbocycles. The highest BCUT2D eigenvalue weighted by atomic mass is 32.1. The van der Waals surface area contributed by atoms with Crippen LogP contribution in [0.25, 0.3) is 0 Å². The van der Waals surface area contributed by atoms with Gasteiger partial charge in [-0.05, 0) is 64.3 Å².